The van der Waals surface area contributed by atoms with Gasteiger partial charge in [0, 0.05) is 27.7 Å². The number of halogens is 2. The van der Waals surface area contributed by atoms with E-state index in [0.717, 1.165) is 10.0 Å². The Morgan fingerprint density at radius 2 is 2.47 bits per heavy atom. The van der Waals surface area contributed by atoms with Crippen LogP contribution in [-0.2, 0) is 0 Å². The maximum Gasteiger partial charge on any atom is 0.136 e. The zero-order chi connectivity index (χ0) is 11.1. The molecule has 1 heterocycles. The van der Waals surface area contributed by atoms with Crippen molar-refractivity contribution in [3.8, 4) is 0 Å². The second-order valence-electron chi connectivity index (χ2n) is 2.68. The summed E-state index contributed by atoms with van der Waals surface area (Å²) in [6.07, 6.45) is 6.07. The minimum absolute atomic E-state index is 0.450. The standard InChI is InChI=1S/C9H8BrClN4/c10-8-5-7(9(11)13-6-8)3-1-2-4-14-15-12/h1,3,5-6H,2,4H2. The van der Waals surface area contributed by atoms with E-state index < -0.39 is 0 Å². The van der Waals surface area contributed by atoms with E-state index >= 15 is 0 Å². The summed E-state index contributed by atoms with van der Waals surface area (Å²) in [4.78, 5) is 6.64. The Morgan fingerprint density at radius 1 is 1.67 bits per heavy atom. The van der Waals surface area contributed by atoms with Crippen LogP contribution >= 0.6 is 27.5 Å². The van der Waals surface area contributed by atoms with Crippen molar-refractivity contribution >= 4 is 33.6 Å². The number of hydrogen-bond donors (Lipinski definition) is 0. The maximum atomic E-state index is 8.06. The van der Waals surface area contributed by atoms with E-state index in [0.29, 0.717) is 18.1 Å². The number of azide groups is 1. The molecule has 0 saturated heterocycles. The summed E-state index contributed by atoms with van der Waals surface area (Å²) in [7, 11) is 0. The first-order valence-electron chi connectivity index (χ1n) is 4.22. The van der Waals surface area contributed by atoms with Crippen LogP contribution < -0.4 is 0 Å². The molecule has 0 aromatic carbocycles. The van der Waals surface area contributed by atoms with Crippen LogP contribution in [0.3, 0.4) is 0 Å². The van der Waals surface area contributed by atoms with Crippen molar-refractivity contribution in [1.82, 2.24) is 4.98 Å². The smallest absolute Gasteiger partial charge is 0.136 e. The fraction of sp³-hybridized carbons (Fsp3) is 0.222. The highest BCUT2D eigenvalue weighted by atomic mass is 79.9. The highest BCUT2D eigenvalue weighted by Gasteiger charge is 1.97. The highest BCUT2D eigenvalue weighted by molar-refractivity contribution is 9.10. The second kappa shape index (κ2) is 6.45. The lowest BCUT2D eigenvalue weighted by Crippen LogP contribution is -1.81. The quantitative estimate of drug-likeness (QED) is 0.269. The first-order chi connectivity index (χ1) is 7.24. The van der Waals surface area contributed by atoms with Crippen molar-refractivity contribution in [2.45, 2.75) is 6.42 Å². The van der Waals surface area contributed by atoms with Crippen molar-refractivity contribution in [3.05, 3.63) is 44.0 Å². The number of nitrogens with zero attached hydrogens (tertiary/aromatic N) is 4. The molecule has 0 fully saturated rings. The van der Waals surface area contributed by atoms with Crippen LogP contribution in [0.1, 0.15) is 12.0 Å². The first kappa shape index (κ1) is 12.0. The molecule has 0 aliphatic carbocycles. The predicted molar refractivity (Wildman–Crippen MR) is 64.6 cm³/mol. The van der Waals surface area contributed by atoms with Gasteiger partial charge in [-0.25, -0.2) is 4.98 Å². The number of aromatic nitrogens is 1. The molecule has 15 heavy (non-hydrogen) atoms. The van der Waals surface area contributed by atoms with Gasteiger partial charge in [0.15, 0.2) is 0 Å². The Bertz CT molecular complexity index is 413. The molecule has 1 rings (SSSR count). The van der Waals surface area contributed by atoms with E-state index in [-0.39, 0.29) is 0 Å². The fourth-order valence-corrected chi connectivity index (χ4v) is 1.46. The predicted octanol–water partition coefficient (Wildman–Crippen LogP) is 4.21. The molecule has 0 amide bonds. The van der Waals surface area contributed by atoms with Gasteiger partial charge < -0.3 is 0 Å². The molecular weight excluding hydrogens is 279 g/mol. The lowest BCUT2D eigenvalue weighted by atomic mass is 10.2. The highest BCUT2D eigenvalue weighted by Crippen LogP contribution is 2.19. The lowest BCUT2D eigenvalue weighted by Gasteiger charge is -1.97. The summed E-state index contributed by atoms with van der Waals surface area (Å²) >= 11 is 9.18. The van der Waals surface area contributed by atoms with E-state index in [1.54, 1.807) is 6.20 Å². The Balaban J connectivity index is 2.63. The largest absolute Gasteiger partial charge is 0.243 e. The Labute approximate surface area is 101 Å². The van der Waals surface area contributed by atoms with E-state index in [1.807, 2.05) is 18.2 Å². The van der Waals surface area contributed by atoms with Crippen LogP contribution in [0.15, 0.2) is 27.9 Å². The fourth-order valence-electron chi connectivity index (χ4n) is 0.942. The average molecular weight is 288 g/mol. The van der Waals surface area contributed by atoms with Crippen molar-refractivity contribution in [2.75, 3.05) is 6.54 Å². The molecule has 1 aromatic rings. The topological polar surface area (TPSA) is 61.7 Å². The minimum atomic E-state index is 0.450. The van der Waals surface area contributed by atoms with Crippen LogP contribution in [0.5, 0.6) is 0 Å². The van der Waals surface area contributed by atoms with Gasteiger partial charge in [0.1, 0.15) is 5.15 Å². The zero-order valence-corrected chi connectivity index (χ0v) is 10.1. The molecule has 4 nitrogen and oxygen atoms in total. The van der Waals surface area contributed by atoms with E-state index in [9.17, 15) is 0 Å². The van der Waals surface area contributed by atoms with Gasteiger partial charge in [-0.2, -0.15) is 0 Å². The lowest BCUT2D eigenvalue weighted by molar-refractivity contribution is 0.995. The summed E-state index contributed by atoms with van der Waals surface area (Å²) in [5.41, 5.74) is 8.90. The van der Waals surface area contributed by atoms with E-state index in [4.69, 9.17) is 17.1 Å². The van der Waals surface area contributed by atoms with Crippen molar-refractivity contribution in [3.63, 3.8) is 0 Å². The molecule has 0 spiro atoms. The molecule has 0 unspecified atom stereocenters. The molecule has 0 bridgehead atoms. The number of pyridine rings is 1. The van der Waals surface area contributed by atoms with E-state index in [1.165, 1.54) is 0 Å². The molecular formula is C9H8BrClN4. The SMILES string of the molecule is [N-]=[N+]=NCCC=Cc1cc(Br)cnc1Cl. The molecule has 0 atom stereocenters. The van der Waals surface area contributed by atoms with Crippen LogP contribution in [0.4, 0.5) is 0 Å². The molecule has 78 valence electrons. The zero-order valence-electron chi connectivity index (χ0n) is 7.77. The third-order valence-electron chi connectivity index (χ3n) is 1.59. The van der Waals surface area contributed by atoms with Crippen LogP contribution in [0.25, 0.3) is 16.5 Å². The molecule has 0 radical (unpaired) electrons. The second-order valence-corrected chi connectivity index (χ2v) is 3.95. The normalized spacial score (nSPS) is 10.3. The monoisotopic (exact) mass is 286 g/mol. The summed E-state index contributed by atoms with van der Waals surface area (Å²) < 4.78 is 0.876. The molecule has 0 N–H and O–H groups in total. The molecule has 0 saturated carbocycles. The minimum Gasteiger partial charge on any atom is -0.243 e. The molecule has 0 aliphatic rings. The van der Waals surface area contributed by atoms with Gasteiger partial charge in [-0.3, -0.25) is 0 Å². The van der Waals surface area contributed by atoms with Gasteiger partial charge in [-0.05, 0) is 33.9 Å². The summed E-state index contributed by atoms with van der Waals surface area (Å²) in [6.45, 7) is 0.450. The van der Waals surface area contributed by atoms with Gasteiger partial charge in [0.05, 0.1) is 0 Å². The Kier molecular flexibility index (Phi) is 5.18. The van der Waals surface area contributed by atoms with Gasteiger partial charge in [-0.15, -0.1) is 0 Å². The molecule has 0 aliphatic heterocycles. The van der Waals surface area contributed by atoms with Gasteiger partial charge >= 0.3 is 0 Å². The third kappa shape index (κ3) is 4.34. The number of rotatable bonds is 4. The summed E-state index contributed by atoms with van der Waals surface area (Å²) in [5, 5.41) is 3.87. The Morgan fingerprint density at radius 3 is 3.20 bits per heavy atom. The van der Waals surface area contributed by atoms with Crippen LogP contribution in [-0.4, -0.2) is 11.5 Å². The van der Waals surface area contributed by atoms with Crippen molar-refractivity contribution < 1.29 is 0 Å². The van der Waals surface area contributed by atoms with Crippen molar-refractivity contribution in [2.24, 2.45) is 5.11 Å². The average Bonchev–Trinajstić information content (AvgIpc) is 2.23. The third-order valence-corrected chi connectivity index (χ3v) is 2.34. The van der Waals surface area contributed by atoms with Crippen molar-refractivity contribution in [1.29, 1.82) is 0 Å². The van der Waals surface area contributed by atoms with Crippen LogP contribution in [0, 0.1) is 0 Å². The Hall–Kier alpha value is -1.03. The molecule has 6 heteroatoms. The summed E-state index contributed by atoms with van der Waals surface area (Å²) in [6, 6.07) is 1.87. The summed E-state index contributed by atoms with van der Waals surface area (Å²) in [5.74, 6) is 0. The van der Waals surface area contributed by atoms with Gasteiger partial charge in [-0.1, -0.05) is 28.9 Å². The maximum absolute atomic E-state index is 8.06. The van der Waals surface area contributed by atoms with Gasteiger partial charge in [0.25, 0.3) is 0 Å². The number of hydrogen-bond acceptors (Lipinski definition) is 2. The van der Waals surface area contributed by atoms with E-state index in [2.05, 4.69) is 30.9 Å². The van der Waals surface area contributed by atoms with Gasteiger partial charge in [0.2, 0.25) is 0 Å². The molecule has 1 aromatic heterocycles. The van der Waals surface area contributed by atoms with Crippen LogP contribution in [0.2, 0.25) is 5.15 Å². The first-order valence-corrected chi connectivity index (χ1v) is 5.39.